The summed E-state index contributed by atoms with van der Waals surface area (Å²) in [6.07, 6.45) is -5.31. The van der Waals surface area contributed by atoms with Crippen LogP contribution < -0.4 is 10.6 Å². The van der Waals surface area contributed by atoms with Gasteiger partial charge in [-0.25, -0.2) is 0 Å². The Morgan fingerprint density at radius 3 is 2.29 bits per heavy atom. The van der Waals surface area contributed by atoms with Crippen molar-refractivity contribution in [3.05, 3.63) is 58.1 Å². The van der Waals surface area contributed by atoms with Gasteiger partial charge in [0.1, 0.15) is 0 Å². The molecule has 0 atom stereocenters. The molecule has 0 saturated heterocycles. The van der Waals surface area contributed by atoms with E-state index in [-0.39, 0.29) is 23.6 Å². The van der Waals surface area contributed by atoms with E-state index in [1.165, 1.54) is 0 Å². The second-order valence-electron chi connectivity index (χ2n) is 6.75. The number of carbonyl (C=O) groups is 3. The first-order chi connectivity index (χ1) is 14.5. The molecule has 0 fully saturated rings. The highest BCUT2D eigenvalue weighted by Crippen LogP contribution is 2.33. The average Bonchev–Trinajstić information content (AvgIpc) is 2.68. The second-order valence-corrected chi connectivity index (χ2v) is 7.16. The van der Waals surface area contributed by atoms with Crippen molar-refractivity contribution in [2.45, 2.75) is 32.9 Å². The summed E-state index contributed by atoms with van der Waals surface area (Å²) < 4.78 is 43.1. The van der Waals surface area contributed by atoms with E-state index in [0.717, 1.165) is 23.3 Å². The number of rotatable bonds is 7. The number of nitrogens with one attached hydrogen (secondary N) is 2. The molecule has 2 N–H and O–H groups in total. The lowest BCUT2D eigenvalue weighted by molar-refractivity contribution is -0.147. The van der Waals surface area contributed by atoms with E-state index in [4.69, 9.17) is 16.3 Å². The number of ether oxygens (including phenoxy) is 1. The van der Waals surface area contributed by atoms with Crippen molar-refractivity contribution in [2.75, 3.05) is 17.2 Å². The molecule has 6 nitrogen and oxygen atoms in total. The van der Waals surface area contributed by atoms with Gasteiger partial charge in [0.15, 0.2) is 6.61 Å². The van der Waals surface area contributed by atoms with Crippen LogP contribution in [0.1, 0.15) is 29.5 Å². The smallest absolute Gasteiger partial charge is 0.416 e. The number of esters is 1. The maximum Gasteiger partial charge on any atom is 0.416 e. The summed E-state index contributed by atoms with van der Waals surface area (Å²) in [5.41, 5.74) is 1.42. The molecule has 2 aromatic rings. The lowest BCUT2D eigenvalue weighted by Gasteiger charge is -2.11. The van der Waals surface area contributed by atoms with Crippen molar-refractivity contribution >= 4 is 40.8 Å². The third-order valence-electron chi connectivity index (χ3n) is 4.28. The Balaban J connectivity index is 1.79. The van der Waals surface area contributed by atoms with Crippen LogP contribution in [0.5, 0.6) is 0 Å². The highest BCUT2D eigenvalue weighted by atomic mass is 35.5. The molecule has 0 bridgehead atoms. The van der Waals surface area contributed by atoms with Gasteiger partial charge >= 0.3 is 12.1 Å². The summed E-state index contributed by atoms with van der Waals surface area (Å²) >= 11 is 5.80. The molecular formula is C21H20ClF3N2O4. The van der Waals surface area contributed by atoms with Crippen molar-refractivity contribution in [1.29, 1.82) is 0 Å². The van der Waals surface area contributed by atoms with Gasteiger partial charge in [0.05, 0.1) is 22.7 Å². The zero-order valence-electron chi connectivity index (χ0n) is 16.7. The summed E-state index contributed by atoms with van der Waals surface area (Å²) in [5, 5.41) is 4.74. The second kappa shape index (κ2) is 10.3. The van der Waals surface area contributed by atoms with Crippen LogP contribution in [0, 0.1) is 13.8 Å². The minimum atomic E-state index is -4.59. The summed E-state index contributed by atoms with van der Waals surface area (Å²) in [6, 6.07) is 7.84. The number of carbonyl (C=O) groups excluding carboxylic acids is 3. The number of hydrogen-bond donors (Lipinski definition) is 2. The minimum Gasteiger partial charge on any atom is -0.456 e. The molecule has 0 heterocycles. The van der Waals surface area contributed by atoms with Crippen molar-refractivity contribution in [3.8, 4) is 0 Å². The third-order valence-corrected chi connectivity index (χ3v) is 4.61. The Hall–Kier alpha value is -3.07. The van der Waals surface area contributed by atoms with Gasteiger partial charge in [-0.15, -0.1) is 0 Å². The fourth-order valence-electron chi connectivity index (χ4n) is 2.46. The van der Waals surface area contributed by atoms with Gasteiger partial charge in [-0.3, -0.25) is 14.4 Å². The summed E-state index contributed by atoms with van der Waals surface area (Å²) in [7, 11) is 0. The molecule has 31 heavy (non-hydrogen) atoms. The number of alkyl halides is 3. The van der Waals surface area contributed by atoms with E-state index in [1.54, 1.807) is 12.1 Å². The first-order valence-corrected chi connectivity index (χ1v) is 9.53. The van der Waals surface area contributed by atoms with E-state index in [2.05, 4.69) is 10.6 Å². The highest BCUT2D eigenvalue weighted by molar-refractivity contribution is 6.33. The monoisotopic (exact) mass is 456 g/mol. The van der Waals surface area contributed by atoms with Gasteiger partial charge in [0.25, 0.3) is 5.91 Å². The van der Waals surface area contributed by atoms with Crippen molar-refractivity contribution in [3.63, 3.8) is 0 Å². The van der Waals surface area contributed by atoms with Crippen molar-refractivity contribution in [1.82, 2.24) is 0 Å². The Labute approximate surface area is 181 Å². The molecule has 166 valence electrons. The highest BCUT2D eigenvalue weighted by Gasteiger charge is 2.31. The van der Waals surface area contributed by atoms with Crippen LogP contribution in [0.25, 0.3) is 0 Å². The molecule has 0 aromatic heterocycles. The first kappa shape index (κ1) is 24.2. The molecular weight excluding hydrogens is 437 g/mol. The van der Waals surface area contributed by atoms with Crippen LogP contribution in [0.15, 0.2) is 36.4 Å². The Morgan fingerprint density at radius 2 is 1.65 bits per heavy atom. The molecule has 2 rings (SSSR count). The fraction of sp³-hybridized carbons (Fsp3) is 0.286. The molecule has 0 saturated carbocycles. The Morgan fingerprint density at radius 1 is 0.935 bits per heavy atom. The van der Waals surface area contributed by atoms with Crippen LogP contribution in [-0.2, 0) is 25.3 Å². The van der Waals surface area contributed by atoms with Gasteiger partial charge in [0.2, 0.25) is 5.91 Å². The van der Waals surface area contributed by atoms with Gasteiger partial charge in [-0.05, 0) is 55.3 Å². The van der Waals surface area contributed by atoms with Gasteiger partial charge < -0.3 is 15.4 Å². The normalized spacial score (nSPS) is 11.0. The first-order valence-electron chi connectivity index (χ1n) is 9.15. The molecule has 0 aliphatic carbocycles. The van der Waals surface area contributed by atoms with E-state index in [1.807, 2.05) is 19.9 Å². The zero-order chi connectivity index (χ0) is 23.2. The van der Waals surface area contributed by atoms with E-state index in [0.29, 0.717) is 11.8 Å². The molecule has 0 spiro atoms. The van der Waals surface area contributed by atoms with Crippen molar-refractivity contribution < 1.29 is 32.3 Å². The number of aryl methyl sites for hydroxylation is 2. The maximum atomic E-state index is 12.8. The predicted octanol–water partition coefficient (Wildman–Crippen LogP) is 4.88. The summed E-state index contributed by atoms with van der Waals surface area (Å²) in [4.78, 5) is 35.6. The van der Waals surface area contributed by atoms with Crippen LogP contribution in [0.3, 0.4) is 0 Å². The topological polar surface area (TPSA) is 84.5 Å². The molecule has 0 unspecified atom stereocenters. The molecule has 0 radical (unpaired) electrons. The summed E-state index contributed by atoms with van der Waals surface area (Å²) in [6.45, 7) is 3.29. The number of halogens is 4. The lowest BCUT2D eigenvalue weighted by Crippen LogP contribution is -2.22. The van der Waals surface area contributed by atoms with Crippen molar-refractivity contribution in [2.24, 2.45) is 0 Å². The number of anilines is 2. The van der Waals surface area contributed by atoms with Crippen LogP contribution >= 0.6 is 11.6 Å². The third kappa shape index (κ3) is 7.60. The van der Waals surface area contributed by atoms with Crippen LogP contribution in [0.2, 0.25) is 5.02 Å². The maximum absolute atomic E-state index is 12.8. The lowest BCUT2D eigenvalue weighted by atomic mass is 10.1. The van der Waals surface area contributed by atoms with Gasteiger partial charge in [-0.1, -0.05) is 17.7 Å². The predicted molar refractivity (Wildman–Crippen MR) is 110 cm³/mol. The fourth-order valence-corrected chi connectivity index (χ4v) is 2.62. The van der Waals surface area contributed by atoms with Gasteiger partial charge in [-0.2, -0.15) is 13.2 Å². The van der Waals surface area contributed by atoms with E-state index < -0.39 is 36.1 Å². The molecule has 0 aliphatic rings. The van der Waals surface area contributed by atoms with Gasteiger partial charge in [0, 0.05) is 12.1 Å². The molecule has 2 aromatic carbocycles. The summed E-state index contributed by atoms with van der Waals surface area (Å²) in [5.74, 6) is -2.07. The minimum absolute atomic E-state index is 0.0769. The molecule has 2 amide bonds. The Kier molecular flexibility index (Phi) is 8.04. The van der Waals surface area contributed by atoms with Crippen LogP contribution in [0.4, 0.5) is 24.5 Å². The largest absolute Gasteiger partial charge is 0.456 e. The quantitative estimate of drug-likeness (QED) is 0.582. The number of benzene rings is 2. The van der Waals surface area contributed by atoms with E-state index >= 15 is 0 Å². The average molecular weight is 457 g/mol. The SMILES string of the molecule is Cc1ccc(NC(=O)COC(=O)CCC(=O)Nc2cc(C(F)(F)F)ccc2Cl)cc1C. The number of hydrogen-bond acceptors (Lipinski definition) is 4. The Bertz CT molecular complexity index is 993. The zero-order valence-corrected chi connectivity index (χ0v) is 17.5. The standard InChI is InChI=1S/C21H20ClF3N2O4/c1-12-3-5-15(9-13(12)2)26-19(29)11-31-20(30)8-7-18(28)27-17-10-14(21(23,24)25)4-6-16(17)22/h3-6,9-10H,7-8,11H2,1-2H3,(H,26,29)(H,27,28). The molecule has 10 heteroatoms. The number of amides is 2. The van der Waals surface area contributed by atoms with Crippen LogP contribution in [-0.4, -0.2) is 24.4 Å². The molecule has 0 aliphatic heterocycles. The van der Waals surface area contributed by atoms with E-state index in [9.17, 15) is 27.6 Å².